The van der Waals surface area contributed by atoms with E-state index < -0.39 is 27.2 Å². The zero-order valence-corrected chi connectivity index (χ0v) is 15.0. The fourth-order valence-electron chi connectivity index (χ4n) is 3.48. The third-order valence-corrected chi connectivity index (χ3v) is 4.65. The van der Waals surface area contributed by atoms with Crippen molar-refractivity contribution in [3.8, 4) is 30.3 Å². The van der Waals surface area contributed by atoms with E-state index in [4.69, 9.17) is 0 Å². The summed E-state index contributed by atoms with van der Waals surface area (Å²) < 4.78 is 0. The number of hydrogen-bond acceptors (Lipinski definition) is 8. The van der Waals surface area contributed by atoms with E-state index in [1.807, 2.05) is 18.2 Å². The Bertz CT molecular complexity index is 1060. The number of benzene rings is 1. The highest BCUT2D eigenvalue weighted by Crippen LogP contribution is 2.76. The summed E-state index contributed by atoms with van der Waals surface area (Å²) in [6.07, 6.45) is 0. The van der Waals surface area contributed by atoms with Crippen LogP contribution in [-0.2, 0) is 0 Å². The molecule has 9 heteroatoms. The zero-order valence-electron chi connectivity index (χ0n) is 15.0. The largest absolute Gasteiger partial charge is 0.383 e. The molecule has 2 rings (SSSR count). The Morgan fingerprint density at radius 1 is 1.14 bits per heavy atom. The maximum absolute atomic E-state index is 11.1. The van der Waals surface area contributed by atoms with E-state index in [2.05, 4.69) is 5.32 Å². The van der Waals surface area contributed by atoms with Crippen molar-refractivity contribution >= 4 is 5.69 Å². The summed E-state index contributed by atoms with van der Waals surface area (Å²) in [6.45, 7) is 3.42. The van der Waals surface area contributed by atoms with Crippen LogP contribution in [0.25, 0.3) is 0 Å². The molecule has 1 N–H and O–H groups in total. The molecule has 0 saturated heterocycles. The molecule has 0 aromatic heterocycles. The van der Waals surface area contributed by atoms with E-state index >= 15 is 0 Å². The predicted molar refractivity (Wildman–Crippen MR) is 94.1 cm³/mol. The minimum absolute atomic E-state index is 0.116. The van der Waals surface area contributed by atoms with Crippen molar-refractivity contribution in [3.63, 3.8) is 0 Å². The van der Waals surface area contributed by atoms with Gasteiger partial charge in [0.05, 0.1) is 28.8 Å². The first-order valence-electron chi connectivity index (χ1n) is 8.09. The van der Waals surface area contributed by atoms with Gasteiger partial charge in [-0.05, 0) is 19.4 Å². The van der Waals surface area contributed by atoms with Crippen LogP contribution >= 0.6 is 0 Å². The number of nitrogens with one attached hydrogen (secondary N) is 1. The molecule has 0 radical (unpaired) electrons. The quantitative estimate of drug-likeness (QED) is 0.466. The van der Waals surface area contributed by atoms with Gasteiger partial charge in [0.2, 0.25) is 0 Å². The number of nitriles is 5. The van der Waals surface area contributed by atoms with Gasteiger partial charge >= 0.3 is 0 Å². The van der Waals surface area contributed by atoms with Gasteiger partial charge in [-0.3, -0.25) is 10.1 Å². The lowest BCUT2D eigenvalue weighted by Gasteiger charge is -2.20. The molecular formula is C19H13N7O2. The van der Waals surface area contributed by atoms with E-state index in [0.29, 0.717) is 0 Å². The van der Waals surface area contributed by atoms with Crippen LogP contribution in [0.15, 0.2) is 35.5 Å². The van der Waals surface area contributed by atoms with Crippen molar-refractivity contribution in [2.45, 2.75) is 25.8 Å². The molecule has 0 amide bonds. The van der Waals surface area contributed by atoms with Gasteiger partial charge in [-0.25, -0.2) is 0 Å². The molecule has 1 saturated carbocycles. The lowest BCUT2D eigenvalue weighted by atomic mass is 9.89. The normalized spacial score (nSPS) is 21.0. The fraction of sp³-hybridized carbons (Fsp3) is 0.316. The molecule has 0 heterocycles. The topological polar surface area (TPSA) is 174 Å². The molecule has 0 bridgehead atoms. The van der Waals surface area contributed by atoms with Crippen molar-refractivity contribution < 1.29 is 4.92 Å². The molecule has 1 fully saturated rings. The average molecular weight is 371 g/mol. The molecule has 0 aliphatic heterocycles. The maximum Gasteiger partial charge on any atom is 0.269 e. The highest BCUT2D eigenvalue weighted by Gasteiger charge is 2.83. The standard InChI is InChI=1S/C19H13N7O2/c1-12(2)25-17(14(7-20)8-21)19(11-24)16(18(19,9-22)10-23)13-4-3-5-15(6-13)26(27)28/h3-6,12,16,25H,1-2H3. The van der Waals surface area contributed by atoms with Crippen molar-refractivity contribution in [1.82, 2.24) is 5.32 Å². The maximum atomic E-state index is 11.1. The van der Waals surface area contributed by atoms with Crippen molar-refractivity contribution in [1.29, 1.82) is 26.3 Å². The van der Waals surface area contributed by atoms with Crippen molar-refractivity contribution in [2.24, 2.45) is 10.8 Å². The number of rotatable bonds is 5. The van der Waals surface area contributed by atoms with Gasteiger partial charge < -0.3 is 5.32 Å². The van der Waals surface area contributed by atoms with Crippen LogP contribution in [0.2, 0.25) is 0 Å². The molecule has 1 aliphatic carbocycles. The van der Waals surface area contributed by atoms with E-state index in [-0.39, 0.29) is 23.0 Å². The summed E-state index contributed by atoms with van der Waals surface area (Å²) >= 11 is 0. The Hall–Kier alpha value is -4.39. The Balaban J connectivity index is 2.85. The molecular weight excluding hydrogens is 358 g/mol. The number of nitro benzene ring substituents is 1. The smallest absolute Gasteiger partial charge is 0.269 e. The average Bonchev–Trinajstić information content (AvgIpc) is 3.31. The van der Waals surface area contributed by atoms with Crippen LogP contribution in [0.1, 0.15) is 25.3 Å². The molecule has 0 spiro atoms. The first-order valence-corrected chi connectivity index (χ1v) is 8.09. The van der Waals surface area contributed by atoms with Gasteiger partial charge in [0.15, 0.2) is 5.41 Å². The second-order valence-corrected chi connectivity index (χ2v) is 6.51. The summed E-state index contributed by atoms with van der Waals surface area (Å²) in [5.74, 6) is -1.07. The number of nitrogens with zero attached hydrogens (tertiary/aromatic N) is 6. The second-order valence-electron chi connectivity index (χ2n) is 6.51. The van der Waals surface area contributed by atoms with E-state index in [1.54, 1.807) is 26.0 Å². The summed E-state index contributed by atoms with van der Waals surface area (Å²) in [5, 5.41) is 62.2. The Morgan fingerprint density at radius 3 is 2.18 bits per heavy atom. The molecule has 9 nitrogen and oxygen atoms in total. The SMILES string of the molecule is CC(C)NC(=C(C#N)C#N)C1(C#N)C(c2cccc([N+](=O)[O-])c2)C1(C#N)C#N. The van der Waals surface area contributed by atoms with Crippen molar-refractivity contribution in [3.05, 3.63) is 51.2 Å². The molecule has 136 valence electrons. The molecule has 1 aliphatic rings. The van der Waals surface area contributed by atoms with Gasteiger partial charge in [0.25, 0.3) is 5.69 Å². The van der Waals surface area contributed by atoms with Gasteiger partial charge in [0.1, 0.15) is 23.1 Å². The van der Waals surface area contributed by atoms with Gasteiger partial charge in [-0.15, -0.1) is 0 Å². The Kier molecular flexibility index (Phi) is 5.04. The van der Waals surface area contributed by atoms with E-state index in [1.165, 1.54) is 24.3 Å². The summed E-state index contributed by atoms with van der Waals surface area (Å²) in [7, 11) is 0. The number of allylic oxidation sites excluding steroid dienone is 2. The highest BCUT2D eigenvalue weighted by molar-refractivity contribution is 5.64. The zero-order chi connectivity index (χ0) is 21.1. The lowest BCUT2D eigenvalue weighted by Crippen LogP contribution is -2.31. The monoisotopic (exact) mass is 371 g/mol. The first kappa shape index (κ1) is 19.9. The van der Waals surface area contributed by atoms with Crippen molar-refractivity contribution in [2.75, 3.05) is 0 Å². The van der Waals surface area contributed by atoms with E-state index in [0.717, 1.165) is 0 Å². The van der Waals surface area contributed by atoms with E-state index in [9.17, 15) is 36.4 Å². The fourth-order valence-corrected chi connectivity index (χ4v) is 3.48. The van der Waals surface area contributed by atoms with Crippen LogP contribution in [0.4, 0.5) is 5.69 Å². The van der Waals surface area contributed by atoms with Gasteiger partial charge in [0, 0.05) is 24.1 Å². The first-order chi connectivity index (χ1) is 13.3. The molecule has 1 aromatic rings. The summed E-state index contributed by atoms with van der Waals surface area (Å²) in [4.78, 5) is 10.5. The van der Waals surface area contributed by atoms with Crippen LogP contribution in [-0.4, -0.2) is 11.0 Å². The predicted octanol–water partition coefficient (Wildman–Crippen LogP) is 2.53. The van der Waals surface area contributed by atoms with Crippen LogP contribution in [0.3, 0.4) is 0 Å². The number of hydrogen-bond donors (Lipinski definition) is 1. The van der Waals surface area contributed by atoms with Gasteiger partial charge in [-0.1, -0.05) is 12.1 Å². The number of non-ortho nitro benzene ring substituents is 1. The Morgan fingerprint density at radius 2 is 1.75 bits per heavy atom. The molecule has 1 aromatic carbocycles. The lowest BCUT2D eigenvalue weighted by molar-refractivity contribution is -0.384. The highest BCUT2D eigenvalue weighted by atomic mass is 16.6. The summed E-state index contributed by atoms with van der Waals surface area (Å²) in [6, 6.07) is 14.1. The summed E-state index contributed by atoms with van der Waals surface area (Å²) in [5.41, 5.74) is -4.31. The minimum atomic E-state index is -1.91. The Labute approximate surface area is 161 Å². The van der Waals surface area contributed by atoms with Gasteiger partial charge in [-0.2, -0.15) is 26.3 Å². The molecule has 28 heavy (non-hydrogen) atoms. The number of nitro groups is 1. The van der Waals surface area contributed by atoms with Crippen LogP contribution < -0.4 is 5.32 Å². The van der Waals surface area contributed by atoms with Crippen LogP contribution in [0, 0.1) is 77.6 Å². The second kappa shape index (κ2) is 7.08. The van der Waals surface area contributed by atoms with Crippen LogP contribution in [0.5, 0.6) is 0 Å². The molecule has 2 unspecified atom stereocenters. The third kappa shape index (κ3) is 2.58. The third-order valence-electron chi connectivity index (χ3n) is 4.65. The minimum Gasteiger partial charge on any atom is -0.383 e. The molecule has 2 atom stereocenters.